The first-order chi connectivity index (χ1) is 12.7. The lowest BCUT2D eigenvalue weighted by Crippen LogP contribution is -2.41. The predicted molar refractivity (Wildman–Crippen MR) is 100 cm³/mol. The number of rotatable bonds is 4. The lowest BCUT2D eigenvalue weighted by atomic mass is 10.3. The first kappa shape index (κ1) is 18.5. The van der Waals surface area contributed by atoms with Crippen LogP contribution in [0, 0.1) is 0 Å². The van der Waals surface area contributed by atoms with E-state index in [1.165, 1.54) is 0 Å². The Balaban J connectivity index is 1.47. The van der Waals surface area contributed by atoms with Crippen LogP contribution in [0.25, 0.3) is 0 Å². The third-order valence-electron chi connectivity index (χ3n) is 5.03. The number of urea groups is 1. The Hall–Kier alpha value is -2.28. The molecule has 7 heteroatoms. The lowest BCUT2D eigenvalue weighted by Gasteiger charge is -2.24. The topological polar surface area (TPSA) is 65.1 Å². The number of methoxy groups -OCH3 is 1. The molecule has 0 aliphatic carbocycles. The largest absolute Gasteiger partial charge is 0.497 e. The Morgan fingerprint density at radius 2 is 1.62 bits per heavy atom. The van der Waals surface area contributed by atoms with Crippen molar-refractivity contribution < 1.29 is 14.3 Å². The van der Waals surface area contributed by atoms with Gasteiger partial charge >= 0.3 is 6.03 Å². The van der Waals surface area contributed by atoms with Crippen LogP contribution in [0.3, 0.4) is 0 Å². The number of carbonyl (C=O) groups excluding carboxylic acids is 2. The zero-order valence-electron chi connectivity index (χ0n) is 15.4. The molecule has 7 nitrogen and oxygen atoms in total. The normalized spacial score (nSPS) is 18.5. The summed E-state index contributed by atoms with van der Waals surface area (Å²) in [4.78, 5) is 30.8. The number of hydrogen-bond acceptors (Lipinski definition) is 4. The van der Waals surface area contributed by atoms with Crippen molar-refractivity contribution >= 4 is 17.6 Å². The maximum Gasteiger partial charge on any atom is 0.321 e. The van der Waals surface area contributed by atoms with Crippen LogP contribution in [-0.2, 0) is 4.79 Å². The van der Waals surface area contributed by atoms with E-state index in [1.807, 2.05) is 34.1 Å². The number of hydrogen-bond donors (Lipinski definition) is 1. The van der Waals surface area contributed by atoms with E-state index in [0.717, 1.165) is 56.9 Å². The van der Waals surface area contributed by atoms with E-state index in [2.05, 4.69) is 10.2 Å². The van der Waals surface area contributed by atoms with Crippen LogP contribution in [0.1, 0.15) is 19.3 Å². The molecule has 3 amide bonds. The van der Waals surface area contributed by atoms with E-state index >= 15 is 0 Å². The van der Waals surface area contributed by atoms with Crippen molar-refractivity contribution in [3.8, 4) is 5.75 Å². The van der Waals surface area contributed by atoms with E-state index in [0.29, 0.717) is 19.6 Å². The molecule has 0 bridgehead atoms. The average Bonchev–Trinajstić information content (AvgIpc) is 3.10. The summed E-state index contributed by atoms with van der Waals surface area (Å²) in [6.45, 7) is 5.17. The zero-order valence-corrected chi connectivity index (χ0v) is 15.4. The van der Waals surface area contributed by atoms with Gasteiger partial charge in [0.2, 0.25) is 5.91 Å². The number of anilines is 1. The number of carbonyl (C=O) groups is 2. The third-order valence-corrected chi connectivity index (χ3v) is 5.03. The molecule has 0 radical (unpaired) electrons. The van der Waals surface area contributed by atoms with Crippen molar-refractivity contribution in [2.24, 2.45) is 0 Å². The molecule has 3 rings (SSSR count). The van der Waals surface area contributed by atoms with Gasteiger partial charge in [0.1, 0.15) is 5.75 Å². The molecule has 26 heavy (non-hydrogen) atoms. The Labute approximate surface area is 154 Å². The highest BCUT2D eigenvalue weighted by Crippen LogP contribution is 2.16. The number of nitrogens with one attached hydrogen (secondary N) is 1. The van der Waals surface area contributed by atoms with Crippen LogP contribution < -0.4 is 10.1 Å². The zero-order chi connectivity index (χ0) is 18.4. The monoisotopic (exact) mass is 360 g/mol. The highest BCUT2D eigenvalue weighted by molar-refractivity contribution is 5.89. The summed E-state index contributed by atoms with van der Waals surface area (Å²) < 4.78 is 5.13. The molecular weight excluding hydrogens is 332 g/mol. The lowest BCUT2D eigenvalue weighted by molar-refractivity contribution is -0.131. The van der Waals surface area contributed by atoms with Gasteiger partial charge in [-0.25, -0.2) is 4.79 Å². The van der Waals surface area contributed by atoms with Gasteiger partial charge in [-0.15, -0.1) is 0 Å². The van der Waals surface area contributed by atoms with Gasteiger partial charge in [0.15, 0.2) is 0 Å². The summed E-state index contributed by atoms with van der Waals surface area (Å²) >= 11 is 0. The summed E-state index contributed by atoms with van der Waals surface area (Å²) in [5, 5.41) is 2.93. The molecule has 142 valence electrons. The van der Waals surface area contributed by atoms with E-state index in [-0.39, 0.29) is 11.9 Å². The first-order valence-electron chi connectivity index (χ1n) is 9.36. The molecular formula is C19H28N4O3. The molecule has 2 fully saturated rings. The molecule has 0 unspecified atom stereocenters. The summed E-state index contributed by atoms with van der Waals surface area (Å²) in [5.41, 5.74) is 0.751. The Morgan fingerprint density at radius 1 is 0.923 bits per heavy atom. The highest BCUT2D eigenvalue weighted by Gasteiger charge is 2.23. The van der Waals surface area contributed by atoms with Gasteiger partial charge in [-0.2, -0.15) is 0 Å². The summed E-state index contributed by atoms with van der Waals surface area (Å²) in [7, 11) is 1.62. The van der Waals surface area contributed by atoms with Crippen LogP contribution in [0.4, 0.5) is 10.5 Å². The molecule has 0 spiro atoms. The fourth-order valence-corrected chi connectivity index (χ4v) is 3.47. The number of nitrogens with zero attached hydrogens (tertiary/aromatic N) is 3. The maximum atomic E-state index is 12.5. The Bertz CT molecular complexity index is 614. The van der Waals surface area contributed by atoms with Crippen LogP contribution in [0.5, 0.6) is 5.75 Å². The molecule has 2 aliphatic rings. The molecule has 1 aromatic rings. The van der Waals surface area contributed by atoms with Crippen molar-refractivity contribution in [2.45, 2.75) is 19.3 Å². The SMILES string of the molecule is COc1ccc(NC(=O)N2CCCN(CC(=O)N3CCCC3)CC2)cc1. The van der Waals surface area contributed by atoms with Crippen molar-refractivity contribution in [3.05, 3.63) is 24.3 Å². The second-order valence-electron chi connectivity index (χ2n) is 6.86. The number of likely N-dealkylation sites (tertiary alicyclic amines) is 1. The first-order valence-corrected chi connectivity index (χ1v) is 9.36. The standard InChI is InChI=1S/C19H28N4O3/c1-26-17-7-5-16(6-8-17)20-19(25)23-12-4-9-21(13-14-23)15-18(24)22-10-2-3-11-22/h5-8H,2-4,9-15H2,1H3,(H,20,25). The second kappa shape index (κ2) is 8.89. The Kier molecular flexibility index (Phi) is 6.33. The van der Waals surface area contributed by atoms with Gasteiger partial charge in [0, 0.05) is 45.0 Å². The van der Waals surface area contributed by atoms with Crippen LogP contribution in [0.15, 0.2) is 24.3 Å². The molecule has 2 heterocycles. The minimum Gasteiger partial charge on any atom is -0.497 e. The van der Waals surface area contributed by atoms with Crippen molar-refractivity contribution in [3.63, 3.8) is 0 Å². The molecule has 0 atom stereocenters. The molecule has 2 aliphatic heterocycles. The van der Waals surface area contributed by atoms with Crippen LogP contribution in [0.2, 0.25) is 0 Å². The van der Waals surface area contributed by atoms with Gasteiger partial charge in [0.05, 0.1) is 13.7 Å². The summed E-state index contributed by atoms with van der Waals surface area (Å²) in [5.74, 6) is 0.981. The Morgan fingerprint density at radius 3 is 2.31 bits per heavy atom. The maximum absolute atomic E-state index is 12.5. The van der Waals surface area contributed by atoms with Gasteiger partial charge in [-0.05, 0) is 43.5 Å². The number of benzene rings is 1. The summed E-state index contributed by atoms with van der Waals surface area (Å²) in [6, 6.07) is 7.21. The van der Waals surface area contributed by atoms with Crippen LogP contribution >= 0.6 is 0 Å². The van der Waals surface area contributed by atoms with Gasteiger partial charge in [0.25, 0.3) is 0 Å². The fraction of sp³-hybridized carbons (Fsp3) is 0.579. The minimum atomic E-state index is -0.0945. The van der Waals surface area contributed by atoms with Gasteiger partial charge < -0.3 is 19.9 Å². The summed E-state index contributed by atoms with van der Waals surface area (Å²) in [6.07, 6.45) is 3.11. The van der Waals surface area contributed by atoms with Crippen molar-refractivity contribution in [1.82, 2.24) is 14.7 Å². The molecule has 0 aromatic heterocycles. The molecule has 1 aromatic carbocycles. The number of amides is 3. The molecule has 0 saturated carbocycles. The van der Waals surface area contributed by atoms with Crippen molar-refractivity contribution in [2.75, 3.05) is 58.2 Å². The van der Waals surface area contributed by atoms with Crippen LogP contribution in [-0.4, -0.2) is 79.6 Å². The van der Waals surface area contributed by atoms with E-state index in [9.17, 15) is 9.59 Å². The highest BCUT2D eigenvalue weighted by atomic mass is 16.5. The molecule has 1 N–H and O–H groups in total. The van der Waals surface area contributed by atoms with Gasteiger partial charge in [-0.1, -0.05) is 0 Å². The number of ether oxygens (including phenoxy) is 1. The van der Waals surface area contributed by atoms with E-state index < -0.39 is 0 Å². The second-order valence-corrected chi connectivity index (χ2v) is 6.86. The van der Waals surface area contributed by atoms with E-state index in [4.69, 9.17) is 4.74 Å². The smallest absolute Gasteiger partial charge is 0.321 e. The predicted octanol–water partition coefficient (Wildman–Crippen LogP) is 1.86. The fourth-order valence-electron chi connectivity index (χ4n) is 3.47. The quantitative estimate of drug-likeness (QED) is 0.890. The van der Waals surface area contributed by atoms with Crippen molar-refractivity contribution in [1.29, 1.82) is 0 Å². The minimum absolute atomic E-state index is 0.0945. The third kappa shape index (κ3) is 4.88. The van der Waals surface area contributed by atoms with E-state index in [1.54, 1.807) is 7.11 Å². The molecule has 2 saturated heterocycles. The van der Waals surface area contributed by atoms with Gasteiger partial charge in [-0.3, -0.25) is 9.69 Å². The average molecular weight is 360 g/mol.